The fourth-order valence-electron chi connectivity index (χ4n) is 1.70. The Morgan fingerprint density at radius 3 is 2.80 bits per heavy atom. The van der Waals surface area contributed by atoms with Gasteiger partial charge in [0.05, 0.1) is 11.1 Å². The van der Waals surface area contributed by atoms with Crippen molar-refractivity contribution in [3.8, 4) is 0 Å². The highest BCUT2D eigenvalue weighted by Crippen LogP contribution is 2.23. The lowest BCUT2D eigenvalue weighted by Crippen LogP contribution is -1.96. The summed E-state index contributed by atoms with van der Waals surface area (Å²) in [6.45, 7) is 1.75. The highest BCUT2D eigenvalue weighted by molar-refractivity contribution is 6.07. The number of nitrogens with one attached hydrogen (secondary N) is 1. The molecule has 15 heavy (non-hydrogen) atoms. The summed E-state index contributed by atoms with van der Waals surface area (Å²) in [5, 5.41) is 9.60. The van der Waals surface area contributed by atoms with Gasteiger partial charge in [-0.1, -0.05) is 12.1 Å². The standard InChI is InChI=1S/C11H9NO3/c1-6-9(5-13)7-3-2-4-8(11(14)15)10(7)12-6/h2-5,12H,1H3,(H,14,15). The summed E-state index contributed by atoms with van der Waals surface area (Å²) >= 11 is 0. The highest BCUT2D eigenvalue weighted by atomic mass is 16.4. The van der Waals surface area contributed by atoms with Gasteiger partial charge in [-0.25, -0.2) is 4.79 Å². The molecule has 0 amide bonds. The number of aromatic carboxylic acids is 1. The van der Waals surface area contributed by atoms with Gasteiger partial charge in [0, 0.05) is 16.6 Å². The largest absolute Gasteiger partial charge is 0.478 e. The Kier molecular flexibility index (Phi) is 2.04. The third-order valence-electron chi connectivity index (χ3n) is 2.42. The number of carboxylic acids is 1. The summed E-state index contributed by atoms with van der Waals surface area (Å²) in [4.78, 5) is 24.6. The molecule has 0 saturated carbocycles. The molecule has 1 aromatic heterocycles. The third kappa shape index (κ3) is 1.30. The monoisotopic (exact) mass is 203 g/mol. The SMILES string of the molecule is Cc1[nH]c2c(C(=O)O)cccc2c1C=O. The first kappa shape index (κ1) is 9.45. The van der Waals surface area contributed by atoms with Crippen molar-refractivity contribution >= 4 is 23.2 Å². The van der Waals surface area contributed by atoms with Gasteiger partial charge in [0.1, 0.15) is 0 Å². The number of carbonyl (C=O) groups excluding carboxylic acids is 1. The smallest absolute Gasteiger partial charge is 0.337 e. The van der Waals surface area contributed by atoms with Gasteiger partial charge in [-0.2, -0.15) is 0 Å². The van der Waals surface area contributed by atoms with Crippen LogP contribution in [0.5, 0.6) is 0 Å². The molecule has 0 aliphatic rings. The van der Waals surface area contributed by atoms with E-state index in [-0.39, 0.29) is 5.56 Å². The fourth-order valence-corrected chi connectivity index (χ4v) is 1.70. The van der Waals surface area contributed by atoms with Crippen molar-refractivity contribution in [1.29, 1.82) is 0 Å². The molecule has 2 rings (SSSR count). The molecule has 76 valence electrons. The molecule has 4 heteroatoms. The zero-order valence-corrected chi connectivity index (χ0v) is 8.07. The maximum atomic E-state index is 10.9. The van der Waals surface area contributed by atoms with Gasteiger partial charge in [-0.15, -0.1) is 0 Å². The minimum Gasteiger partial charge on any atom is -0.478 e. The Labute approximate surface area is 85.5 Å². The molecular weight excluding hydrogens is 194 g/mol. The number of para-hydroxylation sites is 1. The van der Waals surface area contributed by atoms with Crippen LogP contribution in [0.3, 0.4) is 0 Å². The molecule has 0 saturated heterocycles. The molecule has 4 nitrogen and oxygen atoms in total. The number of aromatic nitrogens is 1. The van der Waals surface area contributed by atoms with Crippen LogP contribution in [0.15, 0.2) is 18.2 Å². The van der Waals surface area contributed by atoms with E-state index < -0.39 is 5.97 Å². The number of aldehydes is 1. The quantitative estimate of drug-likeness (QED) is 0.733. The van der Waals surface area contributed by atoms with E-state index in [9.17, 15) is 9.59 Å². The van der Waals surface area contributed by atoms with E-state index in [1.165, 1.54) is 6.07 Å². The van der Waals surface area contributed by atoms with Gasteiger partial charge in [-0.05, 0) is 13.0 Å². The highest BCUT2D eigenvalue weighted by Gasteiger charge is 2.13. The minimum absolute atomic E-state index is 0.184. The number of rotatable bonds is 2. The van der Waals surface area contributed by atoms with Gasteiger partial charge < -0.3 is 10.1 Å². The van der Waals surface area contributed by atoms with E-state index in [2.05, 4.69) is 4.98 Å². The van der Waals surface area contributed by atoms with Crippen LogP contribution in [0.4, 0.5) is 0 Å². The van der Waals surface area contributed by atoms with E-state index in [0.29, 0.717) is 22.2 Å². The molecule has 1 aromatic carbocycles. The predicted molar refractivity (Wildman–Crippen MR) is 55.4 cm³/mol. The number of hydrogen-bond acceptors (Lipinski definition) is 2. The second kappa shape index (κ2) is 3.24. The predicted octanol–water partition coefficient (Wildman–Crippen LogP) is 1.99. The van der Waals surface area contributed by atoms with Gasteiger partial charge in [0.2, 0.25) is 0 Å². The topological polar surface area (TPSA) is 70.2 Å². The molecular formula is C11H9NO3. The molecule has 1 heterocycles. The van der Waals surface area contributed by atoms with Crippen molar-refractivity contribution in [1.82, 2.24) is 4.98 Å². The molecule has 0 aliphatic heterocycles. The molecule has 0 spiro atoms. The maximum Gasteiger partial charge on any atom is 0.337 e. The lowest BCUT2D eigenvalue weighted by Gasteiger charge is -1.96. The van der Waals surface area contributed by atoms with E-state index in [4.69, 9.17) is 5.11 Å². The van der Waals surface area contributed by atoms with Crippen LogP contribution in [0.1, 0.15) is 26.4 Å². The molecule has 0 radical (unpaired) electrons. The van der Waals surface area contributed by atoms with Crippen LogP contribution < -0.4 is 0 Å². The number of H-pyrrole nitrogens is 1. The summed E-state index contributed by atoms with van der Waals surface area (Å²) < 4.78 is 0. The summed E-state index contributed by atoms with van der Waals surface area (Å²) in [7, 11) is 0. The molecule has 2 N–H and O–H groups in total. The zero-order chi connectivity index (χ0) is 11.0. The first-order valence-corrected chi connectivity index (χ1v) is 4.45. The average molecular weight is 203 g/mol. The van der Waals surface area contributed by atoms with Crippen molar-refractivity contribution in [2.45, 2.75) is 6.92 Å². The van der Waals surface area contributed by atoms with Crippen LogP contribution in [0.25, 0.3) is 10.9 Å². The van der Waals surface area contributed by atoms with E-state index >= 15 is 0 Å². The van der Waals surface area contributed by atoms with E-state index in [1.54, 1.807) is 19.1 Å². The van der Waals surface area contributed by atoms with E-state index in [1.807, 2.05) is 0 Å². The summed E-state index contributed by atoms with van der Waals surface area (Å²) in [5.41, 5.74) is 1.90. The van der Waals surface area contributed by atoms with Crippen molar-refractivity contribution in [2.24, 2.45) is 0 Å². The number of carbonyl (C=O) groups is 2. The lowest BCUT2D eigenvalue weighted by molar-refractivity contribution is 0.0698. The number of aromatic amines is 1. The van der Waals surface area contributed by atoms with Gasteiger partial charge in [0.15, 0.2) is 6.29 Å². The van der Waals surface area contributed by atoms with Crippen molar-refractivity contribution in [3.05, 3.63) is 35.0 Å². The number of hydrogen-bond donors (Lipinski definition) is 2. The Morgan fingerprint density at radius 1 is 1.47 bits per heavy atom. The second-order valence-electron chi connectivity index (χ2n) is 3.31. The Balaban J connectivity index is 2.89. The number of aryl methyl sites for hydroxylation is 1. The Hall–Kier alpha value is -2.10. The van der Waals surface area contributed by atoms with Crippen molar-refractivity contribution in [3.63, 3.8) is 0 Å². The van der Waals surface area contributed by atoms with Gasteiger partial charge >= 0.3 is 5.97 Å². The maximum absolute atomic E-state index is 10.9. The third-order valence-corrected chi connectivity index (χ3v) is 2.42. The van der Waals surface area contributed by atoms with Crippen LogP contribution >= 0.6 is 0 Å². The van der Waals surface area contributed by atoms with Crippen LogP contribution in [0.2, 0.25) is 0 Å². The van der Waals surface area contributed by atoms with Crippen LogP contribution in [-0.2, 0) is 0 Å². The number of carboxylic acid groups (broad SMARTS) is 1. The molecule has 0 aliphatic carbocycles. The molecule has 0 bridgehead atoms. The van der Waals surface area contributed by atoms with Crippen LogP contribution in [-0.4, -0.2) is 22.3 Å². The zero-order valence-electron chi connectivity index (χ0n) is 8.07. The lowest BCUT2D eigenvalue weighted by atomic mass is 10.1. The normalized spacial score (nSPS) is 10.5. The summed E-state index contributed by atoms with van der Waals surface area (Å²) in [6, 6.07) is 4.87. The molecule has 0 unspecified atom stereocenters. The summed E-state index contributed by atoms with van der Waals surface area (Å²) in [6.07, 6.45) is 0.736. The first-order chi connectivity index (χ1) is 7.15. The van der Waals surface area contributed by atoms with Crippen molar-refractivity contribution in [2.75, 3.05) is 0 Å². The summed E-state index contributed by atoms with van der Waals surface area (Å²) in [5.74, 6) is -1.00. The molecule has 0 atom stereocenters. The Bertz CT molecular complexity index is 554. The second-order valence-corrected chi connectivity index (χ2v) is 3.31. The van der Waals surface area contributed by atoms with Gasteiger partial charge in [0.25, 0.3) is 0 Å². The van der Waals surface area contributed by atoms with Crippen LogP contribution in [0, 0.1) is 6.92 Å². The van der Waals surface area contributed by atoms with E-state index in [0.717, 1.165) is 6.29 Å². The number of benzene rings is 1. The average Bonchev–Trinajstić information content (AvgIpc) is 2.52. The molecule has 0 fully saturated rings. The minimum atomic E-state index is -1.00. The van der Waals surface area contributed by atoms with Crippen molar-refractivity contribution < 1.29 is 14.7 Å². The first-order valence-electron chi connectivity index (χ1n) is 4.45. The Morgan fingerprint density at radius 2 is 2.20 bits per heavy atom. The number of fused-ring (bicyclic) bond motifs is 1. The molecule has 2 aromatic rings. The van der Waals surface area contributed by atoms with Gasteiger partial charge in [-0.3, -0.25) is 4.79 Å². The fraction of sp³-hybridized carbons (Fsp3) is 0.0909.